The molecule has 1 aromatic heterocycles. The third-order valence-electron chi connectivity index (χ3n) is 3.41. The predicted molar refractivity (Wildman–Crippen MR) is 86.5 cm³/mol. The summed E-state index contributed by atoms with van der Waals surface area (Å²) in [6, 6.07) is 15.0. The minimum absolute atomic E-state index is 0.0745. The van der Waals surface area contributed by atoms with Crippen molar-refractivity contribution < 1.29 is 9.84 Å². The second kappa shape index (κ2) is 6.22. The summed E-state index contributed by atoms with van der Waals surface area (Å²) in [5.74, 6) is 0.784. The molecule has 0 spiro atoms. The molecule has 0 amide bonds. The summed E-state index contributed by atoms with van der Waals surface area (Å²) in [6.07, 6.45) is 1.82. The summed E-state index contributed by atoms with van der Waals surface area (Å²) in [5.41, 5.74) is 3.33. The van der Waals surface area contributed by atoms with E-state index in [9.17, 15) is 5.11 Å². The standard InChI is InChI=1S/C17H15ClN2O2/c1-22-16-8-2-12(3-9-16)17-13(11-21)10-20(19-17)15-6-4-14(18)5-7-15/h2-10,21H,11H2,1H3. The molecule has 4 nitrogen and oxygen atoms in total. The van der Waals surface area contributed by atoms with Crippen LogP contribution in [0.4, 0.5) is 0 Å². The third kappa shape index (κ3) is 2.84. The van der Waals surface area contributed by atoms with Gasteiger partial charge in [-0.1, -0.05) is 11.6 Å². The smallest absolute Gasteiger partial charge is 0.118 e. The molecule has 2 aromatic carbocycles. The Balaban J connectivity index is 2.02. The van der Waals surface area contributed by atoms with Crippen molar-refractivity contribution in [3.63, 3.8) is 0 Å². The van der Waals surface area contributed by atoms with Gasteiger partial charge in [0.1, 0.15) is 5.75 Å². The number of aliphatic hydroxyl groups is 1. The van der Waals surface area contributed by atoms with Crippen molar-refractivity contribution in [3.8, 4) is 22.7 Å². The zero-order valence-corrected chi connectivity index (χ0v) is 12.8. The second-order valence-corrected chi connectivity index (χ2v) is 5.25. The minimum atomic E-state index is -0.0745. The van der Waals surface area contributed by atoms with E-state index < -0.39 is 0 Å². The van der Waals surface area contributed by atoms with Gasteiger partial charge in [-0.05, 0) is 48.5 Å². The number of aliphatic hydroxyl groups excluding tert-OH is 1. The number of nitrogens with zero attached hydrogens (tertiary/aromatic N) is 2. The lowest BCUT2D eigenvalue weighted by Crippen LogP contribution is -1.94. The third-order valence-corrected chi connectivity index (χ3v) is 3.67. The zero-order chi connectivity index (χ0) is 15.5. The molecule has 1 N–H and O–H groups in total. The first-order chi connectivity index (χ1) is 10.7. The summed E-state index contributed by atoms with van der Waals surface area (Å²) in [6.45, 7) is -0.0745. The fourth-order valence-corrected chi connectivity index (χ4v) is 2.37. The lowest BCUT2D eigenvalue weighted by atomic mass is 10.1. The molecule has 5 heteroatoms. The number of rotatable bonds is 4. The van der Waals surface area contributed by atoms with E-state index in [4.69, 9.17) is 16.3 Å². The van der Waals surface area contributed by atoms with E-state index in [1.807, 2.05) is 54.7 Å². The van der Waals surface area contributed by atoms with E-state index in [1.165, 1.54) is 0 Å². The Bertz CT molecular complexity index is 764. The number of hydrogen-bond donors (Lipinski definition) is 1. The molecule has 22 heavy (non-hydrogen) atoms. The Morgan fingerprint density at radius 3 is 2.36 bits per heavy atom. The number of hydrogen-bond acceptors (Lipinski definition) is 3. The molecule has 0 atom stereocenters. The molecule has 3 rings (SSSR count). The Hall–Kier alpha value is -2.30. The molecule has 0 saturated carbocycles. The first kappa shape index (κ1) is 14.6. The average molecular weight is 315 g/mol. The van der Waals surface area contributed by atoms with E-state index >= 15 is 0 Å². The van der Waals surface area contributed by atoms with E-state index in [0.29, 0.717) is 5.02 Å². The van der Waals surface area contributed by atoms with Crippen molar-refractivity contribution in [1.82, 2.24) is 9.78 Å². The summed E-state index contributed by atoms with van der Waals surface area (Å²) >= 11 is 5.91. The van der Waals surface area contributed by atoms with Crippen LogP contribution in [-0.4, -0.2) is 22.0 Å². The predicted octanol–water partition coefficient (Wildman–Crippen LogP) is 3.69. The Kier molecular flexibility index (Phi) is 4.13. The molecular weight excluding hydrogens is 300 g/mol. The van der Waals surface area contributed by atoms with Crippen LogP contribution in [0.5, 0.6) is 5.75 Å². The Morgan fingerprint density at radius 1 is 1.09 bits per heavy atom. The number of halogens is 1. The Labute approximate surface area is 133 Å². The van der Waals surface area contributed by atoms with Gasteiger partial charge >= 0.3 is 0 Å². The van der Waals surface area contributed by atoms with Crippen LogP contribution >= 0.6 is 11.6 Å². The van der Waals surface area contributed by atoms with E-state index in [2.05, 4.69) is 5.10 Å². The van der Waals surface area contributed by atoms with Gasteiger partial charge in [0.15, 0.2) is 0 Å². The van der Waals surface area contributed by atoms with Crippen LogP contribution in [0, 0.1) is 0 Å². The topological polar surface area (TPSA) is 47.3 Å². The maximum absolute atomic E-state index is 9.59. The van der Waals surface area contributed by atoms with Crippen LogP contribution in [-0.2, 0) is 6.61 Å². The van der Waals surface area contributed by atoms with E-state index in [-0.39, 0.29) is 6.61 Å². The van der Waals surface area contributed by atoms with Gasteiger partial charge in [-0.2, -0.15) is 5.10 Å². The number of benzene rings is 2. The molecule has 112 valence electrons. The van der Waals surface area contributed by atoms with Crippen LogP contribution in [0.1, 0.15) is 5.56 Å². The van der Waals surface area contributed by atoms with Crippen molar-refractivity contribution in [2.24, 2.45) is 0 Å². The molecule has 0 aliphatic rings. The van der Waals surface area contributed by atoms with Gasteiger partial charge in [0.05, 0.1) is 25.1 Å². The van der Waals surface area contributed by atoms with Crippen LogP contribution in [0.25, 0.3) is 16.9 Å². The van der Waals surface area contributed by atoms with Crippen LogP contribution in [0.2, 0.25) is 5.02 Å². The van der Waals surface area contributed by atoms with Gasteiger partial charge in [0.25, 0.3) is 0 Å². The fourth-order valence-electron chi connectivity index (χ4n) is 2.24. The van der Waals surface area contributed by atoms with E-state index in [0.717, 1.165) is 28.3 Å². The van der Waals surface area contributed by atoms with Crippen molar-refractivity contribution in [2.45, 2.75) is 6.61 Å². The first-order valence-electron chi connectivity index (χ1n) is 6.81. The quantitative estimate of drug-likeness (QED) is 0.799. The lowest BCUT2D eigenvalue weighted by molar-refractivity contribution is 0.282. The summed E-state index contributed by atoms with van der Waals surface area (Å²) < 4.78 is 6.90. The molecular formula is C17H15ClN2O2. The number of ether oxygens (including phenoxy) is 1. The van der Waals surface area contributed by atoms with Crippen LogP contribution < -0.4 is 4.74 Å². The highest BCUT2D eigenvalue weighted by Gasteiger charge is 2.11. The molecule has 0 bridgehead atoms. The zero-order valence-electron chi connectivity index (χ0n) is 12.0. The molecule has 0 fully saturated rings. The highest BCUT2D eigenvalue weighted by atomic mass is 35.5. The highest BCUT2D eigenvalue weighted by molar-refractivity contribution is 6.30. The highest BCUT2D eigenvalue weighted by Crippen LogP contribution is 2.26. The molecule has 3 aromatic rings. The molecule has 0 aliphatic carbocycles. The fraction of sp³-hybridized carbons (Fsp3) is 0.118. The maximum atomic E-state index is 9.59. The molecule has 0 unspecified atom stereocenters. The van der Waals surface area contributed by atoms with Crippen molar-refractivity contribution >= 4 is 11.6 Å². The molecule has 0 saturated heterocycles. The van der Waals surface area contributed by atoms with Gasteiger partial charge in [-0.15, -0.1) is 0 Å². The van der Waals surface area contributed by atoms with Crippen molar-refractivity contribution in [1.29, 1.82) is 0 Å². The van der Waals surface area contributed by atoms with Crippen molar-refractivity contribution in [2.75, 3.05) is 7.11 Å². The summed E-state index contributed by atoms with van der Waals surface area (Å²) in [4.78, 5) is 0. The monoisotopic (exact) mass is 314 g/mol. The van der Waals surface area contributed by atoms with Gasteiger partial charge in [-0.3, -0.25) is 0 Å². The van der Waals surface area contributed by atoms with Crippen molar-refractivity contribution in [3.05, 3.63) is 65.3 Å². The number of methoxy groups -OCH3 is 1. The summed E-state index contributed by atoms with van der Waals surface area (Å²) in [7, 11) is 1.63. The molecule has 0 radical (unpaired) electrons. The minimum Gasteiger partial charge on any atom is -0.497 e. The average Bonchev–Trinajstić information content (AvgIpc) is 3.00. The second-order valence-electron chi connectivity index (χ2n) is 4.81. The molecule has 0 aliphatic heterocycles. The van der Waals surface area contributed by atoms with Gasteiger partial charge in [0.2, 0.25) is 0 Å². The summed E-state index contributed by atoms with van der Waals surface area (Å²) in [5, 5.41) is 14.8. The largest absolute Gasteiger partial charge is 0.497 e. The van der Waals surface area contributed by atoms with Gasteiger partial charge < -0.3 is 9.84 Å². The van der Waals surface area contributed by atoms with E-state index in [1.54, 1.807) is 11.8 Å². The molecule has 1 heterocycles. The SMILES string of the molecule is COc1ccc(-c2nn(-c3ccc(Cl)cc3)cc2CO)cc1. The van der Waals surface area contributed by atoms with Gasteiger partial charge in [0, 0.05) is 22.3 Å². The first-order valence-corrected chi connectivity index (χ1v) is 7.19. The normalized spacial score (nSPS) is 10.7. The number of aromatic nitrogens is 2. The maximum Gasteiger partial charge on any atom is 0.118 e. The lowest BCUT2D eigenvalue weighted by Gasteiger charge is -2.03. The van der Waals surface area contributed by atoms with Gasteiger partial charge in [-0.25, -0.2) is 4.68 Å². The Morgan fingerprint density at radius 2 is 1.77 bits per heavy atom. The van der Waals surface area contributed by atoms with Crippen LogP contribution in [0.15, 0.2) is 54.7 Å². The van der Waals surface area contributed by atoms with Crippen LogP contribution in [0.3, 0.4) is 0 Å².